The van der Waals surface area contributed by atoms with E-state index in [1.54, 1.807) is 6.92 Å². The Balaban J connectivity index is 3.25. The number of aromatic hydroxyl groups is 1. The Kier molecular flexibility index (Phi) is 2.62. The van der Waals surface area contributed by atoms with E-state index in [1.807, 2.05) is 0 Å². The number of rotatable bonds is 2. The van der Waals surface area contributed by atoms with Crippen LogP contribution in [0.2, 0.25) is 0 Å². The van der Waals surface area contributed by atoms with Gasteiger partial charge in [0, 0.05) is 17.3 Å². The van der Waals surface area contributed by atoms with Crippen molar-refractivity contribution in [2.75, 3.05) is 0 Å². The number of aromatic nitrogens is 1. The SMILES string of the molecule is Cc1ncc(C[O])c(CO)c1O. The van der Waals surface area contributed by atoms with Crippen LogP contribution in [0.15, 0.2) is 6.20 Å². The third-order valence-corrected chi connectivity index (χ3v) is 1.74. The first-order valence-corrected chi connectivity index (χ1v) is 3.56. The Bertz CT molecular complexity index is 286. The molecule has 1 aromatic heterocycles. The quantitative estimate of drug-likeness (QED) is 0.676. The minimum absolute atomic E-state index is 0.0779. The molecule has 0 bridgehead atoms. The van der Waals surface area contributed by atoms with Crippen molar-refractivity contribution in [3.63, 3.8) is 0 Å². The molecule has 0 spiro atoms. The summed E-state index contributed by atoms with van der Waals surface area (Å²) in [5, 5.41) is 28.7. The largest absolute Gasteiger partial charge is 0.506 e. The predicted molar refractivity (Wildman–Crippen MR) is 41.0 cm³/mol. The molecule has 0 unspecified atom stereocenters. The molecule has 0 aliphatic rings. The summed E-state index contributed by atoms with van der Waals surface area (Å²) in [6.07, 6.45) is 1.38. The van der Waals surface area contributed by atoms with Crippen LogP contribution in [0, 0.1) is 6.92 Å². The summed E-state index contributed by atoms with van der Waals surface area (Å²) in [5.41, 5.74) is 1.06. The van der Waals surface area contributed by atoms with Crippen LogP contribution in [0.4, 0.5) is 0 Å². The molecule has 0 amide bonds. The molecule has 1 heterocycles. The number of nitrogens with zero attached hydrogens (tertiary/aromatic N) is 1. The van der Waals surface area contributed by atoms with Gasteiger partial charge < -0.3 is 10.2 Å². The van der Waals surface area contributed by atoms with Gasteiger partial charge in [-0.15, -0.1) is 0 Å². The molecule has 4 nitrogen and oxygen atoms in total. The molecule has 0 saturated heterocycles. The van der Waals surface area contributed by atoms with Gasteiger partial charge in [0.15, 0.2) is 0 Å². The molecule has 0 atom stereocenters. The first-order chi connectivity index (χ1) is 5.70. The first-order valence-electron chi connectivity index (χ1n) is 3.56. The van der Waals surface area contributed by atoms with E-state index in [-0.39, 0.29) is 17.9 Å². The molecule has 0 aromatic carbocycles. The number of aliphatic hydroxyl groups excluding tert-OH is 1. The van der Waals surface area contributed by atoms with Crippen LogP contribution in [-0.4, -0.2) is 15.2 Å². The van der Waals surface area contributed by atoms with Gasteiger partial charge in [-0.1, -0.05) is 0 Å². The van der Waals surface area contributed by atoms with E-state index in [0.29, 0.717) is 11.3 Å². The number of hydrogen-bond donors (Lipinski definition) is 2. The topological polar surface area (TPSA) is 73.2 Å². The minimum Gasteiger partial charge on any atom is -0.506 e. The molecule has 0 fully saturated rings. The van der Waals surface area contributed by atoms with E-state index in [4.69, 9.17) is 5.11 Å². The lowest BCUT2D eigenvalue weighted by molar-refractivity contribution is 0.172. The van der Waals surface area contributed by atoms with Gasteiger partial charge in [0.25, 0.3) is 0 Å². The Morgan fingerprint density at radius 3 is 2.75 bits per heavy atom. The van der Waals surface area contributed by atoms with Crippen molar-refractivity contribution in [3.8, 4) is 5.75 Å². The molecule has 0 aliphatic heterocycles. The van der Waals surface area contributed by atoms with Crippen LogP contribution in [-0.2, 0) is 18.3 Å². The van der Waals surface area contributed by atoms with Crippen molar-refractivity contribution in [1.29, 1.82) is 0 Å². The van der Waals surface area contributed by atoms with Crippen LogP contribution >= 0.6 is 0 Å². The maximum Gasteiger partial charge on any atom is 0.142 e. The number of aryl methyl sites for hydroxylation is 1. The van der Waals surface area contributed by atoms with Crippen molar-refractivity contribution >= 4 is 0 Å². The normalized spacial score (nSPS) is 10.2. The maximum absolute atomic E-state index is 10.5. The summed E-state index contributed by atoms with van der Waals surface area (Å²) in [4.78, 5) is 3.80. The Morgan fingerprint density at radius 2 is 2.25 bits per heavy atom. The first kappa shape index (κ1) is 8.96. The molecule has 65 valence electrons. The van der Waals surface area contributed by atoms with Crippen molar-refractivity contribution < 1.29 is 15.3 Å². The van der Waals surface area contributed by atoms with Gasteiger partial charge in [-0.25, -0.2) is 5.11 Å². The van der Waals surface area contributed by atoms with E-state index in [1.165, 1.54) is 6.20 Å². The summed E-state index contributed by atoms with van der Waals surface area (Å²) in [6.45, 7) is 0.812. The monoisotopic (exact) mass is 168 g/mol. The van der Waals surface area contributed by atoms with Crippen LogP contribution < -0.4 is 0 Å². The second-order valence-electron chi connectivity index (χ2n) is 2.50. The zero-order valence-corrected chi connectivity index (χ0v) is 6.74. The highest BCUT2D eigenvalue weighted by Gasteiger charge is 2.09. The third-order valence-electron chi connectivity index (χ3n) is 1.74. The lowest BCUT2D eigenvalue weighted by Gasteiger charge is -2.07. The Morgan fingerprint density at radius 1 is 1.58 bits per heavy atom. The third kappa shape index (κ3) is 1.39. The van der Waals surface area contributed by atoms with Gasteiger partial charge in [0.2, 0.25) is 0 Å². The van der Waals surface area contributed by atoms with Crippen molar-refractivity contribution in [3.05, 3.63) is 23.0 Å². The standard InChI is InChI=1S/C8H10NO3/c1-5-8(12)7(4-11)6(3-10)2-9-5/h2,11-12H,3-4H2,1H3. The summed E-state index contributed by atoms with van der Waals surface area (Å²) >= 11 is 0. The molecule has 2 N–H and O–H groups in total. The lowest BCUT2D eigenvalue weighted by Crippen LogP contribution is -1.97. The average molecular weight is 168 g/mol. The van der Waals surface area contributed by atoms with Crippen LogP contribution in [0.3, 0.4) is 0 Å². The highest BCUT2D eigenvalue weighted by atomic mass is 16.3. The van der Waals surface area contributed by atoms with Gasteiger partial charge in [-0.05, 0) is 6.92 Å². The fraction of sp³-hybridized carbons (Fsp3) is 0.375. The minimum atomic E-state index is -0.475. The molecule has 12 heavy (non-hydrogen) atoms. The molecule has 0 saturated carbocycles. The molecule has 4 heteroatoms. The summed E-state index contributed by atoms with van der Waals surface area (Å²) in [6, 6.07) is 0. The van der Waals surface area contributed by atoms with E-state index >= 15 is 0 Å². The Hall–Kier alpha value is -1.13. The highest BCUT2D eigenvalue weighted by Crippen LogP contribution is 2.23. The lowest BCUT2D eigenvalue weighted by atomic mass is 10.1. The smallest absolute Gasteiger partial charge is 0.142 e. The zero-order chi connectivity index (χ0) is 9.14. The molecule has 1 aromatic rings. The Labute approximate surface area is 70.1 Å². The van der Waals surface area contributed by atoms with Crippen LogP contribution in [0.25, 0.3) is 0 Å². The van der Waals surface area contributed by atoms with Gasteiger partial charge in [-0.2, -0.15) is 0 Å². The van der Waals surface area contributed by atoms with Crippen molar-refractivity contribution in [2.45, 2.75) is 20.1 Å². The fourth-order valence-electron chi connectivity index (χ4n) is 0.985. The summed E-state index contributed by atoms with van der Waals surface area (Å²) < 4.78 is 0. The molecule has 1 radical (unpaired) electrons. The van der Waals surface area contributed by atoms with E-state index in [2.05, 4.69) is 4.98 Å². The highest BCUT2D eigenvalue weighted by molar-refractivity contribution is 5.39. The number of pyridine rings is 1. The van der Waals surface area contributed by atoms with Gasteiger partial charge in [0.05, 0.1) is 12.3 Å². The molecular weight excluding hydrogens is 158 g/mol. The number of aliphatic hydroxyl groups is 1. The van der Waals surface area contributed by atoms with Gasteiger partial charge in [0.1, 0.15) is 12.4 Å². The van der Waals surface area contributed by atoms with E-state index in [0.717, 1.165) is 0 Å². The molecule has 1 rings (SSSR count). The van der Waals surface area contributed by atoms with Crippen molar-refractivity contribution in [1.82, 2.24) is 4.98 Å². The van der Waals surface area contributed by atoms with Crippen LogP contribution in [0.5, 0.6) is 5.75 Å². The van der Waals surface area contributed by atoms with Gasteiger partial charge >= 0.3 is 0 Å². The number of hydrogen-bond acceptors (Lipinski definition) is 3. The predicted octanol–water partition coefficient (Wildman–Crippen LogP) is 0.518. The second kappa shape index (κ2) is 3.51. The molecule has 0 aliphatic carbocycles. The average Bonchev–Trinajstić information content (AvgIpc) is 2.09. The van der Waals surface area contributed by atoms with Crippen LogP contribution in [0.1, 0.15) is 16.8 Å². The van der Waals surface area contributed by atoms with Crippen molar-refractivity contribution in [2.24, 2.45) is 0 Å². The summed E-state index contributed by atoms with van der Waals surface area (Å²) in [5.74, 6) is -0.0779. The fourth-order valence-corrected chi connectivity index (χ4v) is 0.985. The maximum atomic E-state index is 10.5. The van der Waals surface area contributed by atoms with E-state index < -0.39 is 6.61 Å². The molecular formula is C8H10NO3. The summed E-state index contributed by atoms with van der Waals surface area (Å²) in [7, 11) is 0. The van der Waals surface area contributed by atoms with E-state index in [9.17, 15) is 10.2 Å². The van der Waals surface area contributed by atoms with Gasteiger partial charge in [-0.3, -0.25) is 4.98 Å². The second-order valence-corrected chi connectivity index (χ2v) is 2.50. The zero-order valence-electron chi connectivity index (χ0n) is 6.74.